The first-order chi connectivity index (χ1) is 9.16. The molecule has 19 heavy (non-hydrogen) atoms. The zero-order valence-corrected chi connectivity index (χ0v) is 11.6. The van der Waals surface area contributed by atoms with Crippen molar-refractivity contribution in [3.05, 3.63) is 29.3 Å². The first kappa shape index (κ1) is 12.7. The third-order valence-electron chi connectivity index (χ3n) is 4.99. The molecule has 102 valence electrons. The number of hydrogen-bond acceptors (Lipinski definition) is 2. The molecule has 2 aliphatic rings. The standard InChI is InChI=1S/C16H22N2O/c1-18-14-6-5-13(10-12(14)4-7-15(18)19)16(11-17)8-2-3-9-16/h5-6,10H,2-4,7-9,11,17H2,1H3. The summed E-state index contributed by atoms with van der Waals surface area (Å²) in [6.45, 7) is 0.737. The molecular formula is C16H22N2O. The summed E-state index contributed by atoms with van der Waals surface area (Å²) in [4.78, 5) is 13.5. The maximum Gasteiger partial charge on any atom is 0.227 e. The Labute approximate surface area is 114 Å². The van der Waals surface area contributed by atoms with Crippen molar-refractivity contribution in [2.24, 2.45) is 5.73 Å². The lowest BCUT2D eigenvalue weighted by Crippen LogP contribution is -2.34. The van der Waals surface area contributed by atoms with E-state index in [0.29, 0.717) is 6.42 Å². The average Bonchev–Trinajstić information content (AvgIpc) is 2.93. The number of rotatable bonds is 2. The van der Waals surface area contributed by atoms with Crippen LogP contribution in [0.25, 0.3) is 0 Å². The molecule has 1 fully saturated rings. The highest BCUT2D eigenvalue weighted by Crippen LogP contribution is 2.42. The normalized spacial score (nSPS) is 21.6. The van der Waals surface area contributed by atoms with E-state index in [9.17, 15) is 4.79 Å². The molecule has 1 aliphatic carbocycles. The molecule has 0 bridgehead atoms. The highest BCUT2D eigenvalue weighted by molar-refractivity contribution is 5.95. The predicted molar refractivity (Wildman–Crippen MR) is 77.4 cm³/mol. The van der Waals surface area contributed by atoms with Crippen LogP contribution in [0.5, 0.6) is 0 Å². The van der Waals surface area contributed by atoms with Gasteiger partial charge in [-0.05, 0) is 36.5 Å². The van der Waals surface area contributed by atoms with E-state index in [1.165, 1.54) is 36.8 Å². The lowest BCUT2D eigenvalue weighted by Gasteiger charge is -2.31. The van der Waals surface area contributed by atoms with Gasteiger partial charge in [0.05, 0.1) is 0 Å². The average molecular weight is 258 g/mol. The van der Waals surface area contributed by atoms with Crippen LogP contribution in [0, 0.1) is 0 Å². The van der Waals surface area contributed by atoms with Crippen LogP contribution >= 0.6 is 0 Å². The summed E-state index contributed by atoms with van der Waals surface area (Å²) in [5.74, 6) is 0.217. The van der Waals surface area contributed by atoms with Gasteiger partial charge in [0.25, 0.3) is 0 Å². The van der Waals surface area contributed by atoms with E-state index in [2.05, 4.69) is 18.2 Å². The third-order valence-corrected chi connectivity index (χ3v) is 4.99. The summed E-state index contributed by atoms with van der Waals surface area (Å²) < 4.78 is 0. The summed E-state index contributed by atoms with van der Waals surface area (Å²) in [5.41, 5.74) is 10.0. The Morgan fingerprint density at radius 3 is 2.68 bits per heavy atom. The molecule has 0 atom stereocenters. The monoisotopic (exact) mass is 258 g/mol. The maximum atomic E-state index is 11.7. The Morgan fingerprint density at radius 2 is 2.00 bits per heavy atom. The summed E-state index contributed by atoms with van der Waals surface area (Å²) >= 11 is 0. The Balaban J connectivity index is 2.00. The van der Waals surface area contributed by atoms with Crippen LogP contribution in [0.4, 0.5) is 5.69 Å². The van der Waals surface area contributed by atoms with Gasteiger partial charge in [-0.2, -0.15) is 0 Å². The Morgan fingerprint density at radius 1 is 1.26 bits per heavy atom. The molecule has 3 heteroatoms. The van der Waals surface area contributed by atoms with E-state index in [4.69, 9.17) is 5.73 Å². The number of anilines is 1. The number of carbonyl (C=O) groups is 1. The lowest BCUT2D eigenvalue weighted by molar-refractivity contribution is -0.118. The topological polar surface area (TPSA) is 46.3 Å². The first-order valence-corrected chi connectivity index (χ1v) is 7.26. The second-order valence-corrected chi connectivity index (χ2v) is 5.99. The largest absolute Gasteiger partial charge is 0.330 e. The van der Waals surface area contributed by atoms with Crippen LogP contribution in [0.2, 0.25) is 0 Å². The molecule has 0 radical (unpaired) electrons. The minimum Gasteiger partial charge on any atom is -0.330 e. The van der Waals surface area contributed by atoms with E-state index >= 15 is 0 Å². The number of fused-ring (bicyclic) bond motifs is 1. The van der Waals surface area contributed by atoms with E-state index < -0.39 is 0 Å². The van der Waals surface area contributed by atoms with Gasteiger partial charge in [0.1, 0.15) is 0 Å². The van der Waals surface area contributed by atoms with Crippen molar-refractivity contribution in [3.63, 3.8) is 0 Å². The molecule has 0 saturated heterocycles. The molecule has 1 aromatic carbocycles. The van der Waals surface area contributed by atoms with Crippen LogP contribution in [-0.2, 0) is 16.6 Å². The third kappa shape index (κ3) is 1.96. The van der Waals surface area contributed by atoms with E-state index in [1.807, 2.05) is 7.05 Å². The fourth-order valence-electron chi connectivity index (χ4n) is 3.65. The molecule has 1 saturated carbocycles. The van der Waals surface area contributed by atoms with Crippen LogP contribution < -0.4 is 10.6 Å². The van der Waals surface area contributed by atoms with Crippen molar-refractivity contribution >= 4 is 11.6 Å². The van der Waals surface area contributed by atoms with Gasteiger partial charge in [0.2, 0.25) is 5.91 Å². The van der Waals surface area contributed by atoms with Crippen molar-refractivity contribution in [2.75, 3.05) is 18.5 Å². The maximum absolute atomic E-state index is 11.7. The number of nitrogens with zero attached hydrogens (tertiary/aromatic N) is 1. The van der Waals surface area contributed by atoms with Gasteiger partial charge in [0, 0.05) is 31.1 Å². The van der Waals surface area contributed by atoms with Crippen molar-refractivity contribution in [2.45, 2.75) is 43.9 Å². The summed E-state index contributed by atoms with van der Waals surface area (Å²) in [5, 5.41) is 0. The molecule has 1 amide bonds. The second kappa shape index (κ2) is 4.64. The lowest BCUT2D eigenvalue weighted by atomic mass is 9.78. The van der Waals surface area contributed by atoms with Crippen LogP contribution in [0.3, 0.4) is 0 Å². The SMILES string of the molecule is CN1C(=O)CCc2cc(C3(CN)CCCC3)ccc21. The zero-order chi connectivity index (χ0) is 13.5. The summed E-state index contributed by atoms with van der Waals surface area (Å²) in [6, 6.07) is 6.60. The fourth-order valence-corrected chi connectivity index (χ4v) is 3.65. The van der Waals surface area contributed by atoms with Gasteiger partial charge in [0.15, 0.2) is 0 Å². The van der Waals surface area contributed by atoms with Crippen LogP contribution in [0.1, 0.15) is 43.2 Å². The molecule has 2 N–H and O–H groups in total. The number of benzene rings is 1. The van der Waals surface area contributed by atoms with Crippen LogP contribution in [-0.4, -0.2) is 19.5 Å². The van der Waals surface area contributed by atoms with Gasteiger partial charge in [-0.25, -0.2) is 0 Å². The van der Waals surface area contributed by atoms with E-state index in [0.717, 1.165) is 18.7 Å². The number of nitrogens with two attached hydrogens (primary N) is 1. The number of carbonyl (C=O) groups excluding carboxylic acids is 1. The molecule has 3 nitrogen and oxygen atoms in total. The van der Waals surface area contributed by atoms with Crippen LogP contribution in [0.15, 0.2) is 18.2 Å². The number of amides is 1. The van der Waals surface area contributed by atoms with Crippen molar-refractivity contribution in [1.82, 2.24) is 0 Å². The Hall–Kier alpha value is -1.35. The van der Waals surface area contributed by atoms with Gasteiger partial charge < -0.3 is 10.6 Å². The molecule has 0 aromatic heterocycles. The summed E-state index contributed by atoms with van der Waals surface area (Å²) in [6.07, 6.45) is 6.48. The van der Waals surface area contributed by atoms with Gasteiger partial charge in [-0.1, -0.05) is 25.0 Å². The van der Waals surface area contributed by atoms with E-state index in [-0.39, 0.29) is 11.3 Å². The second-order valence-electron chi connectivity index (χ2n) is 5.99. The van der Waals surface area contributed by atoms with Crippen molar-refractivity contribution in [1.29, 1.82) is 0 Å². The van der Waals surface area contributed by atoms with Crippen molar-refractivity contribution < 1.29 is 4.79 Å². The highest BCUT2D eigenvalue weighted by atomic mass is 16.2. The molecule has 1 aliphatic heterocycles. The number of hydrogen-bond donors (Lipinski definition) is 1. The molecule has 1 heterocycles. The molecule has 3 rings (SSSR count). The molecule has 1 aromatic rings. The summed E-state index contributed by atoms with van der Waals surface area (Å²) in [7, 11) is 1.87. The Bertz CT molecular complexity index is 503. The predicted octanol–water partition coefficient (Wildman–Crippen LogP) is 2.37. The molecule has 0 spiro atoms. The Kier molecular flexibility index (Phi) is 3.09. The highest BCUT2D eigenvalue weighted by Gasteiger charge is 2.35. The van der Waals surface area contributed by atoms with Gasteiger partial charge >= 0.3 is 0 Å². The quantitative estimate of drug-likeness (QED) is 0.885. The smallest absolute Gasteiger partial charge is 0.227 e. The van der Waals surface area contributed by atoms with Gasteiger partial charge in [-0.3, -0.25) is 4.79 Å². The molecular weight excluding hydrogens is 236 g/mol. The van der Waals surface area contributed by atoms with Crippen molar-refractivity contribution in [3.8, 4) is 0 Å². The fraction of sp³-hybridized carbons (Fsp3) is 0.562. The van der Waals surface area contributed by atoms with Gasteiger partial charge in [-0.15, -0.1) is 0 Å². The minimum absolute atomic E-state index is 0.190. The minimum atomic E-state index is 0.190. The zero-order valence-electron chi connectivity index (χ0n) is 11.6. The number of aryl methyl sites for hydroxylation is 1. The van der Waals surface area contributed by atoms with E-state index in [1.54, 1.807) is 4.90 Å². The first-order valence-electron chi connectivity index (χ1n) is 7.26. The molecule has 0 unspecified atom stereocenters.